The molecule has 174 valence electrons. The van der Waals surface area contributed by atoms with Crippen molar-refractivity contribution in [1.82, 2.24) is 15.2 Å². The maximum Gasteiger partial charge on any atom is 0.338 e. The molecule has 0 radical (unpaired) electrons. The summed E-state index contributed by atoms with van der Waals surface area (Å²) in [4.78, 5) is 35.6. The smallest absolute Gasteiger partial charge is 0.338 e. The first kappa shape index (κ1) is 23.0. The van der Waals surface area contributed by atoms with Crippen LogP contribution in [0, 0.1) is 5.82 Å². The van der Waals surface area contributed by atoms with Gasteiger partial charge in [-0.15, -0.1) is 11.3 Å². The van der Waals surface area contributed by atoms with E-state index in [-0.39, 0.29) is 25.3 Å². The van der Waals surface area contributed by atoms with Gasteiger partial charge in [0.1, 0.15) is 17.9 Å². The zero-order valence-corrected chi connectivity index (χ0v) is 18.7. The summed E-state index contributed by atoms with van der Waals surface area (Å²) < 4.78 is 24.3. The van der Waals surface area contributed by atoms with Gasteiger partial charge in [-0.2, -0.15) is 0 Å². The molecule has 2 N–H and O–H groups in total. The number of nitrogens with zero attached hydrogens (tertiary/aromatic N) is 3. The first-order chi connectivity index (χ1) is 16.0. The summed E-state index contributed by atoms with van der Waals surface area (Å²) in [5.74, 6) is -1.54. The number of amidine groups is 1. The number of benzene rings is 1. The molecule has 9 nitrogen and oxygen atoms in total. The zero-order valence-electron chi connectivity index (χ0n) is 17.9. The van der Waals surface area contributed by atoms with Crippen LogP contribution in [0.3, 0.4) is 0 Å². The lowest BCUT2D eigenvalue weighted by molar-refractivity contribution is -0.149. The highest BCUT2D eigenvalue weighted by atomic mass is 32.1. The minimum atomic E-state index is -1.01. The summed E-state index contributed by atoms with van der Waals surface area (Å²) in [6.07, 6.45) is 1.64. The third-order valence-corrected chi connectivity index (χ3v) is 6.11. The van der Waals surface area contributed by atoms with Gasteiger partial charge in [-0.05, 0) is 24.6 Å². The fraction of sp³-hybridized carbons (Fsp3) is 0.364. The predicted octanol–water partition coefficient (Wildman–Crippen LogP) is 1.98. The van der Waals surface area contributed by atoms with E-state index in [2.05, 4.69) is 10.3 Å². The third kappa shape index (κ3) is 5.10. The van der Waals surface area contributed by atoms with Gasteiger partial charge in [-0.1, -0.05) is 12.1 Å². The first-order valence-electron chi connectivity index (χ1n) is 10.4. The molecule has 1 fully saturated rings. The van der Waals surface area contributed by atoms with E-state index in [0.717, 1.165) is 0 Å². The molecule has 0 bridgehead atoms. The minimum Gasteiger partial charge on any atom is -0.480 e. The van der Waals surface area contributed by atoms with E-state index in [1.807, 2.05) is 0 Å². The molecule has 2 unspecified atom stereocenters. The first-order valence-corrected chi connectivity index (χ1v) is 11.3. The summed E-state index contributed by atoms with van der Waals surface area (Å²) in [6.45, 7) is 2.80. The largest absolute Gasteiger partial charge is 0.480 e. The van der Waals surface area contributed by atoms with Crippen molar-refractivity contribution in [2.24, 2.45) is 4.99 Å². The van der Waals surface area contributed by atoms with Gasteiger partial charge in [0, 0.05) is 30.4 Å². The van der Waals surface area contributed by atoms with Gasteiger partial charge < -0.3 is 19.9 Å². The van der Waals surface area contributed by atoms with Gasteiger partial charge in [0.15, 0.2) is 10.8 Å². The number of carbonyl (C=O) groups excluding carboxylic acids is 1. The number of aliphatic imine (C=N–C) groups is 1. The highest BCUT2D eigenvalue weighted by molar-refractivity contribution is 7.11. The molecular weight excluding hydrogens is 451 g/mol. The van der Waals surface area contributed by atoms with Crippen LogP contribution >= 0.6 is 11.3 Å². The Hall–Kier alpha value is -3.15. The number of ether oxygens (including phenoxy) is 2. The van der Waals surface area contributed by atoms with E-state index in [9.17, 15) is 19.1 Å². The number of carboxylic acids is 1. The number of aromatic nitrogens is 1. The second-order valence-corrected chi connectivity index (χ2v) is 8.30. The Morgan fingerprint density at radius 3 is 2.82 bits per heavy atom. The Morgan fingerprint density at radius 1 is 1.36 bits per heavy atom. The normalized spacial score (nSPS) is 21.3. The van der Waals surface area contributed by atoms with Gasteiger partial charge in [0.25, 0.3) is 0 Å². The topological polar surface area (TPSA) is 113 Å². The molecule has 0 amide bonds. The van der Waals surface area contributed by atoms with Crippen LogP contribution in [0.4, 0.5) is 4.39 Å². The van der Waals surface area contributed by atoms with Gasteiger partial charge in [0.2, 0.25) is 0 Å². The predicted molar refractivity (Wildman–Crippen MR) is 118 cm³/mol. The second-order valence-electron chi connectivity index (χ2n) is 7.41. The number of carboxylic acid groups (broad SMARTS) is 1. The molecule has 1 aromatic heterocycles. The lowest BCUT2D eigenvalue weighted by Crippen LogP contribution is -2.52. The number of nitrogens with one attached hydrogen (secondary N) is 1. The third-order valence-electron chi connectivity index (χ3n) is 5.33. The number of aliphatic carboxylic acids is 1. The highest BCUT2D eigenvalue weighted by Crippen LogP contribution is 2.33. The summed E-state index contributed by atoms with van der Waals surface area (Å²) in [5.41, 5.74) is 1.32. The van der Waals surface area contributed by atoms with E-state index in [4.69, 9.17) is 14.5 Å². The molecule has 1 aromatic carbocycles. The summed E-state index contributed by atoms with van der Waals surface area (Å²) in [6, 6.07) is 4.12. The van der Waals surface area contributed by atoms with Gasteiger partial charge >= 0.3 is 11.9 Å². The number of hydrogen-bond acceptors (Lipinski definition) is 9. The van der Waals surface area contributed by atoms with E-state index in [1.54, 1.807) is 35.5 Å². The van der Waals surface area contributed by atoms with Crippen LogP contribution in [0.1, 0.15) is 23.5 Å². The lowest BCUT2D eigenvalue weighted by atomic mass is 9.95. The summed E-state index contributed by atoms with van der Waals surface area (Å²) in [7, 11) is 0. The molecular formula is C22H23FN4O5S. The van der Waals surface area contributed by atoms with Crippen molar-refractivity contribution in [2.75, 3.05) is 32.9 Å². The summed E-state index contributed by atoms with van der Waals surface area (Å²) >= 11 is 1.37. The SMILES string of the molecule is CCOC(=O)C1=C(CN2CCOCC2C(=O)O)NC(c2nccs2)=NC1c1ccc(F)cc1. The molecule has 2 aromatic rings. The van der Waals surface area contributed by atoms with E-state index in [0.29, 0.717) is 35.3 Å². The van der Waals surface area contributed by atoms with Crippen LogP contribution in [0.2, 0.25) is 0 Å². The molecule has 2 aliphatic heterocycles. The number of carbonyl (C=O) groups is 2. The van der Waals surface area contributed by atoms with Crippen molar-refractivity contribution >= 4 is 29.1 Å². The number of morpholine rings is 1. The average Bonchev–Trinajstić information content (AvgIpc) is 3.34. The molecule has 11 heteroatoms. The highest BCUT2D eigenvalue weighted by Gasteiger charge is 2.36. The molecule has 2 atom stereocenters. The zero-order chi connectivity index (χ0) is 23.4. The van der Waals surface area contributed by atoms with Crippen LogP contribution in [0.25, 0.3) is 0 Å². The lowest BCUT2D eigenvalue weighted by Gasteiger charge is -2.35. The van der Waals surface area contributed by atoms with E-state index in [1.165, 1.54) is 23.5 Å². The molecule has 2 aliphatic rings. The van der Waals surface area contributed by atoms with Crippen molar-refractivity contribution in [3.8, 4) is 0 Å². The molecule has 0 aliphatic carbocycles. The maximum atomic E-state index is 13.6. The van der Waals surface area contributed by atoms with Crippen LogP contribution in [0.5, 0.6) is 0 Å². The number of thiazole rings is 1. The van der Waals surface area contributed by atoms with Gasteiger partial charge in [-0.25, -0.2) is 14.2 Å². The Balaban J connectivity index is 1.80. The average molecular weight is 475 g/mol. The number of rotatable bonds is 7. The van der Waals surface area contributed by atoms with Crippen molar-refractivity contribution in [3.05, 3.63) is 63.5 Å². The molecule has 3 heterocycles. The fourth-order valence-electron chi connectivity index (χ4n) is 3.76. The molecule has 4 rings (SSSR count). The van der Waals surface area contributed by atoms with Crippen LogP contribution in [0.15, 0.2) is 52.1 Å². The van der Waals surface area contributed by atoms with Gasteiger partial charge in [0.05, 0.1) is 25.4 Å². The Labute approximate surface area is 193 Å². The molecule has 0 saturated carbocycles. The number of esters is 1. The van der Waals surface area contributed by atoms with Crippen LogP contribution < -0.4 is 5.32 Å². The molecule has 33 heavy (non-hydrogen) atoms. The Kier molecular flexibility index (Phi) is 7.11. The van der Waals surface area contributed by atoms with Crippen molar-refractivity contribution in [2.45, 2.75) is 19.0 Å². The monoisotopic (exact) mass is 474 g/mol. The van der Waals surface area contributed by atoms with Crippen molar-refractivity contribution in [1.29, 1.82) is 0 Å². The number of halogens is 1. The Morgan fingerprint density at radius 2 is 2.15 bits per heavy atom. The molecule has 1 saturated heterocycles. The minimum absolute atomic E-state index is 0.0478. The van der Waals surface area contributed by atoms with Crippen molar-refractivity contribution < 1.29 is 28.6 Å². The van der Waals surface area contributed by atoms with Crippen LogP contribution in [-0.2, 0) is 19.1 Å². The Bertz CT molecular complexity index is 1070. The fourth-order valence-corrected chi connectivity index (χ4v) is 4.35. The number of hydrogen-bond donors (Lipinski definition) is 2. The van der Waals surface area contributed by atoms with E-state index < -0.39 is 29.8 Å². The summed E-state index contributed by atoms with van der Waals surface area (Å²) in [5, 5.41) is 15.2. The molecule has 0 spiro atoms. The van der Waals surface area contributed by atoms with Gasteiger partial charge in [-0.3, -0.25) is 14.7 Å². The van der Waals surface area contributed by atoms with E-state index >= 15 is 0 Å². The maximum absolute atomic E-state index is 13.6. The standard InChI is InChI=1S/C22H23FN4O5S/c1-2-32-22(30)17-15(11-27-8-9-31-12-16(27)21(28)29)25-19(20-24-7-10-33-20)26-18(17)13-3-5-14(23)6-4-13/h3-7,10,16,18H,2,8-9,11-12H2,1H3,(H,25,26)(H,28,29). The second kappa shape index (κ2) is 10.2. The quantitative estimate of drug-likeness (QED) is 0.586. The van der Waals surface area contributed by atoms with Crippen molar-refractivity contribution in [3.63, 3.8) is 0 Å². The van der Waals surface area contributed by atoms with Crippen LogP contribution in [-0.4, -0.2) is 71.7 Å².